The highest BCUT2D eigenvalue weighted by atomic mass is 16.6. The molecule has 0 aromatic carbocycles. The maximum Gasteiger partial charge on any atom is 0.407 e. The number of hydrogen-bond donors (Lipinski definition) is 2. The molecule has 0 radical (unpaired) electrons. The minimum absolute atomic E-state index is 0.137. The van der Waals surface area contributed by atoms with Crippen LogP contribution in [0.15, 0.2) is 30.6 Å². The summed E-state index contributed by atoms with van der Waals surface area (Å²) in [4.78, 5) is 32.8. The predicted molar refractivity (Wildman–Crippen MR) is 123 cm³/mol. The SMILES string of the molecule is CCOC(=O)c1cc(-c2ccncc2)[nH]c1CC(NC(=O)OC(C)(C)C)C1CCCCC1. The van der Waals surface area contributed by atoms with Crippen LogP contribution in [-0.2, 0) is 15.9 Å². The van der Waals surface area contributed by atoms with Gasteiger partial charge in [-0.05, 0) is 64.7 Å². The molecule has 1 aliphatic rings. The number of esters is 1. The summed E-state index contributed by atoms with van der Waals surface area (Å²) in [5, 5.41) is 3.10. The van der Waals surface area contributed by atoms with Gasteiger partial charge < -0.3 is 19.8 Å². The molecular formula is C25H35N3O4. The second kappa shape index (κ2) is 10.7. The van der Waals surface area contributed by atoms with Crippen LogP contribution in [0.2, 0.25) is 0 Å². The first-order valence-electron chi connectivity index (χ1n) is 11.6. The highest BCUT2D eigenvalue weighted by Crippen LogP contribution is 2.30. The number of hydrogen-bond acceptors (Lipinski definition) is 5. The van der Waals surface area contributed by atoms with Crippen molar-refractivity contribution in [3.05, 3.63) is 41.9 Å². The van der Waals surface area contributed by atoms with Crippen molar-refractivity contribution in [1.29, 1.82) is 0 Å². The molecule has 1 amide bonds. The standard InChI is InChI=1S/C25H35N3O4/c1-5-31-23(29)19-15-20(18-11-13-26-14-12-18)27-22(19)16-21(17-9-7-6-8-10-17)28-24(30)32-25(2,3)4/h11-15,17,21,27H,5-10,16H2,1-4H3,(H,28,30). The first-order chi connectivity index (χ1) is 15.3. The number of nitrogens with zero attached hydrogens (tertiary/aromatic N) is 1. The predicted octanol–water partition coefficient (Wildman–Crippen LogP) is 5.27. The molecular weight excluding hydrogens is 406 g/mol. The Balaban J connectivity index is 1.89. The van der Waals surface area contributed by atoms with Gasteiger partial charge in [-0.1, -0.05) is 19.3 Å². The minimum atomic E-state index is -0.571. The lowest BCUT2D eigenvalue weighted by Gasteiger charge is -2.32. The molecule has 2 aromatic heterocycles. The Morgan fingerprint density at radius 1 is 1.19 bits per heavy atom. The quantitative estimate of drug-likeness (QED) is 0.571. The summed E-state index contributed by atoms with van der Waals surface area (Å²) in [6.45, 7) is 7.66. The molecule has 0 spiro atoms. The molecule has 0 aliphatic heterocycles. The molecule has 0 bridgehead atoms. The van der Waals surface area contributed by atoms with Gasteiger partial charge in [0.25, 0.3) is 0 Å². The second-order valence-corrected chi connectivity index (χ2v) is 9.39. The van der Waals surface area contributed by atoms with E-state index < -0.39 is 11.7 Å². The molecule has 1 fully saturated rings. The van der Waals surface area contributed by atoms with Crippen molar-refractivity contribution in [2.24, 2.45) is 5.92 Å². The molecule has 2 aromatic rings. The van der Waals surface area contributed by atoms with Crippen LogP contribution in [0, 0.1) is 5.92 Å². The van der Waals surface area contributed by atoms with E-state index in [9.17, 15) is 9.59 Å². The molecule has 2 N–H and O–H groups in total. The second-order valence-electron chi connectivity index (χ2n) is 9.39. The van der Waals surface area contributed by atoms with E-state index in [1.54, 1.807) is 19.3 Å². The molecule has 1 saturated carbocycles. The van der Waals surface area contributed by atoms with Crippen molar-refractivity contribution in [3.8, 4) is 11.3 Å². The summed E-state index contributed by atoms with van der Waals surface area (Å²) in [6.07, 6.45) is 9.13. The summed E-state index contributed by atoms with van der Waals surface area (Å²) in [7, 11) is 0. The zero-order valence-corrected chi connectivity index (χ0v) is 19.6. The Labute approximate surface area is 190 Å². The highest BCUT2D eigenvalue weighted by Gasteiger charge is 2.30. The number of nitrogens with one attached hydrogen (secondary N) is 2. The van der Waals surface area contributed by atoms with E-state index in [2.05, 4.69) is 15.3 Å². The average molecular weight is 442 g/mol. The van der Waals surface area contributed by atoms with Crippen LogP contribution in [0.5, 0.6) is 0 Å². The number of alkyl carbamates (subject to hydrolysis) is 1. The first kappa shape index (κ1) is 23.8. The van der Waals surface area contributed by atoms with Gasteiger partial charge in [0.2, 0.25) is 0 Å². The molecule has 0 saturated heterocycles. The summed E-state index contributed by atoms with van der Waals surface area (Å²) in [5.74, 6) is -0.0299. The third-order valence-corrected chi connectivity index (χ3v) is 5.73. The summed E-state index contributed by atoms with van der Waals surface area (Å²) in [5.41, 5.74) is 2.46. The third-order valence-electron chi connectivity index (χ3n) is 5.73. The molecule has 32 heavy (non-hydrogen) atoms. The number of carbonyl (C=O) groups excluding carboxylic acids is 2. The lowest BCUT2D eigenvalue weighted by molar-refractivity contribution is 0.0476. The maximum absolute atomic E-state index is 12.7. The zero-order chi connectivity index (χ0) is 23.1. The summed E-state index contributed by atoms with van der Waals surface area (Å²) < 4.78 is 10.8. The molecule has 1 atom stereocenters. The number of carbonyl (C=O) groups is 2. The lowest BCUT2D eigenvalue weighted by atomic mass is 9.82. The van der Waals surface area contributed by atoms with E-state index in [0.717, 1.165) is 42.6 Å². The van der Waals surface area contributed by atoms with Crippen LogP contribution in [0.3, 0.4) is 0 Å². The topological polar surface area (TPSA) is 93.3 Å². The van der Waals surface area contributed by atoms with Gasteiger partial charge in [-0.15, -0.1) is 0 Å². The highest BCUT2D eigenvalue weighted by molar-refractivity contribution is 5.92. The molecule has 2 heterocycles. The van der Waals surface area contributed by atoms with Crippen molar-refractivity contribution in [1.82, 2.24) is 15.3 Å². The largest absolute Gasteiger partial charge is 0.462 e. The van der Waals surface area contributed by atoms with E-state index in [1.165, 1.54) is 6.42 Å². The van der Waals surface area contributed by atoms with Crippen molar-refractivity contribution in [3.63, 3.8) is 0 Å². The number of pyridine rings is 1. The van der Waals surface area contributed by atoms with E-state index in [1.807, 2.05) is 39.0 Å². The Hall–Kier alpha value is -2.83. The Morgan fingerprint density at radius 2 is 1.88 bits per heavy atom. The van der Waals surface area contributed by atoms with Gasteiger partial charge in [-0.2, -0.15) is 0 Å². The smallest absolute Gasteiger partial charge is 0.407 e. The molecule has 3 rings (SSSR count). The van der Waals surface area contributed by atoms with Crippen LogP contribution in [0.4, 0.5) is 4.79 Å². The number of rotatable bonds is 7. The van der Waals surface area contributed by atoms with Gasteiger partial charge in [-0.3, -0.25) is 4.98 Å². The van der Waals surface area contributed by atoms with E-state index >= 15 is 0 Å². The fourth-order valence-electron chi connectivity index (χ4n) is 4.29. The molecule has 174 valence electrons. The fraction of sp³-hybridized carbons (Fsp3) is 0.560. The number of ether oxygens (including phenoxy) is 2. The van der Waals surface area contributed by atoms with Gasteiger partial charge in [-0.25, -0.2) is 9.59 Å². The van der Waals surface area contributed by atoms with E-state index in [4.69, 9.17) is 9.47 Å². The molecule has 7 heteroatoms. The summed E-state index contributed by atoms with van der Waals surface area (Å²) >= 11 is 0. The van der Waals surface area contributed by atoms with Gasteiger partial charge >= 0.3 is 12.1 Å². The zero-order valence-electron chi connectivity index (χ0n) is 19.6. The van der Waals surface area contributed by atoms with E-state index in [0.29, 0.717) is 24.5 Å². The van der Waals surface area contributed by atoms with Crippen LogP contribution in [-0.4, -0.2) is 40.3 Å². The van der Waals surface area contributed by atoms with E-state index in [-0.39, 0.29) is 12.0 Å². The van der Waals surface area contributed by atoms with Gasteiger partial charge in [0.05, 0.1) is 12.2 Å². The fourth-order valence-corrected chi connectivity index (χ4v) is 4.29. The maximum atomic E-state index is 12.7. The van der Waals surface area contributed by atoms with Gasteiger partial charge in [0, 0.05) is 41.8 Å². The summed E-state index contributed by atoms with van der Waals surface area (Å²) in [6, 6.07) is 5.47. The average Bonchev–Trinajstić information content (AvgIpc) is 3.17. The number of H-pyrrole nitrogens is 1. The monoisotopic (exact) mass is 441 g/mol. The lowest BCUT2D eigenvalue weighted by Crippen LogP contribution is -2.45. The van der Waals surface area contributed by atoms with Crippen molar-refractivity contribution >= 4 is 12.1 Å². The normalized spacial score (nSPS) is 15.8. The Morgan fingerprint density at radius 3 is 2.50 bits per heavy atom. The first-order valence-corrected chi connectivity index (χ1v) is 11.6. The van der Waals surface area contributed by atoms with Crippen LogP contribution in [0.25, 0.3) is 11.3 Å². The minimum Gasteiger partial charge on any atom is -0.462 e. The van der Waals surface area contributed by atoms with Gasteiger partial charge in [0.15, 0.2) is 0 Å². The van der Waals surface area contributed by atoms with Crippen LogP contribution in [0.1, 0.15) is 75.9 Å². The van der Waals surface area contributed by atoms with Crippen LogP contribution >= 0.6 is 0 Å². The Bertz CT molecular complexity index is 896. The van der Waals surface area contributed by atoms with Crippen molar-refractivity contribution < 1.29 is 19.1 Å². The molecule has 1 aliphatic carbocycles. The number of aromatic nitrogens is 2. The molecule has 7 nitrogen and oxygen atoms in total. The van der Waals surface area contributed by atoms with Crippen LogP contribution < -0.4 is 5.32 Å². The number of aromatic amines is 1. The molecule has 1 unspecified atom stereocenters. The van der Waals surface area contributed by atoms with Crippen molar-refractivity contribution in [2.45, 2.75) is 77.9 Å². The number of amides is 1. The van der Waals surface area contributed by atoms with Gasteiger partial charge in [0.1, 0.15) is 5.60 Å². The third kappa shape index (κ3) is 6.58. The van der Waals surface area contributed by atoms with Crippen molar-refractivity contribution in [2.75, 3.05) is 6.61 Å². The Kier molecular flexibility index (Phi) is 7.94.